The number of aromatic nitrogens is 1. The van der Waals surface area contributed by atoms with Crippen LogP contribution in [0.1, 0.15) is 23.2 Å². The Morgan fingerprint density at radius 2 is 2.33 bits per heavy atom. The molecule has 4 nitrogen and oxygen atoms in total. The van der Waals surface area contributed by atoms with Gasteiger partial charge in [-0.25, -0.2) is 0 Å². The van der Waals surface area contributed by atoms with E-state index < -0.39 is 0 Å². The molecule has 18 heavy (non-hydrogen) atoms. The van der Waals surface area contributed by atoms with Gasteiger partial charge < -0.3 is 15.0 Å². The van der Waals surface area contributed by atoms with Crippen LogP contribution in [0.25, 0.3) is 10.9 Å². The van der Waals surface area contributed by atoms with Crippen molar-refractivity contribution in [2.24, 2.45) is 0 Å². The predicted octanol–water partition coefficient (Wildman–Crippen LogP) is 1.76. The van der Waals surface area contributed by atoms with Crippen molar-refractivity contribution in [1.82, 2.24) is 9.88 Å². The first-order valence-electron chi connectivity index (χ1n) is 6.28. The van der Waals surface area contributed by atoms with E-state index in [0.29, 0.717) is 5.56 Å². The lowest BCUT2D eigenvalue weighted by molar-refractivity contribution is 0.0678. The molecule has 1 fully saturated rings. The molecule has 0 aliphatic carbocycles. The largest absolute Gasteiger partial charge is 0.394 e. The van der Waals surface area contributed by atoms with E-state index in [-0.39, 0.29) is 18.6 Å². The van der Waals surface area contributed by atoms with Crippen LogP contribution in [0.2, 0.25) is 0 Å². The van der Waals surface area contributed by atoms with E-state index in [0.717, 1.165) is 30.3 Å². The smallest absolute Gasteiger partial charge is 0.254 e. The summed E-state index contributed by atoms with van der Waals surface area (Å²) >= 11 is 0. The van der Waals surface area contributed by atoms with Gasteiger partial charge in [-0.05, 0) is 37.1 Å². The molecule has 1 aromatic heterocycles. The van der Waals surface area contributed by atoms with E-state index >= 15 is 0 Å². The number of nitrogens with one attached hydrogen (secondary N) is 1. The minimum Gasteiger partial charge on any atom is -0.394 e. The lowest BCUT2D eigenvalue weighted by Gasteiger charge is -2.23. The molecule has 0 unspecified atom stereocenters. The van der Waals surface area contributed by atoms with Crippen LogP contribution in [0.5, 0.6) is 0 Å². The number of hydrogen-bond acceptors (Lipinski definition) is 2. The Morgan fingerprint density at radius 3 is 3.17 bits per heavy atom. The summed E-state index contributed by atoms with van der Waals surface area (Å²) in [6.07, 6.45) is 3.74. The molecule has 1 atom stereocenters. The summed E-state index contributed by atoms with van der Waals surface area (Å²) in [5, 5.41) is 10.3. The molecule has 0 spiro atoms. The maximum Gasteiger partial charge on any atom is 0.254 e. The number of aromatic amines is 1. The molecule has 0 radical (unpaired) electrons. The number of aliphatic hydroxyl groups excluding tert-OH is 1. The first-order chi connectivity index (χ1) is 8.79. The molecule has 4 heteroatoms. The first-order valence-corrected chi connectivity index (χ1v) is 6.28. The molecule has 1 aliphatic rings. The van der Waals surface area contributed by atoms with Crippen molar-refractivity contribution in [2.45, 2.75) is 18.9 Å². The Hall–Kier alpha value is -1.81. The molecule has 1 aromatic carbocycles. The van der Waals surface area contributed by atoms with Crippen LogP contribution >= 0.6 is 0 Å². The summed E-state index contributed by atoms with van der Waals surface area (Å²) in [7, 11) is 0. The Balaban J connectivity index is 1.91. The van der Waals surface area contributed by atoms with Gasteiger partial charge in [0.2, 0.25) is 0 Å². The highest BCUT2D eigenvalue weighted by molar-refractivity contribution is 5.98. The predicted molar refractivity (Wildman–Crippen MR) is 69.4 cm³/mol. The topological polar surface area (TPSA) is 56.3 Å². The van der Waals surface area contributed by atoms with Crippen molar-refractivity contribution < 1.29 is 9.90 Å². The third-order valence-electron chi connectivity index (χ3n) is 3.65. The Labute approximate surface area is 105 Å². The third-order valence-corrected chi connectivity index (χ3v) is 3.65. The lowest BCUT2D eigenvalue weighted by Crippen LogP contribution is -2.37. The maximum atomic E-state index is 12.4. The van der Waals surface area contributed by atoms with Crippen LogP contribution in [0.4, 0.5) is 0 Å². The summed E-state index contributed by atoms with van der Waals surface area (Å²) in [4.78, 5) is 17.3. The van der Waals surface area contributed by atoms with E-state index in [4.69, 9.17) is 0 Å². The van der Waals surface area contributed by atoms with Crippen molar-refractivity contribution in [3.8, 4) is 0 Å². The number of nitrogens with zero attached hydrogens (tertiary/aromatic N) is 1. The number of carbonyl (C=O) groups is 1. The van der Waals surface area contributed by atoms with Gasteiger partial charge in [0.15, 0.2) is 0 Å². The highest BCUT2D eigenvalue weighted by Crippen LogP contribution is 2.21. The zero-order chi connectivity index (χ0) is 12.5. The van der Waals surface area contributed by atoms with Crippen LogP contribution in [-0.2, 0) is 0 Å². The van der Waals surface area contributed by atoms with Gasteiger partial charge in [0, 0.05) is 29.2 Å². The average molecular weight is 244 g/mol. The van der Waals surface area contributed by atoms with Gasteiger partial charge in [-0.3, -0.25) is 4.79 Å². The highest BCUT2D eigenvalue weighted by Gasteiger charge is 2.28. The van der Waals surface area contributed by atoms with Gasteiger partial charge in [0.1, 0.15) is 0 Å². The van der Waals surface area contributed by atoms with Crippen LogP contribution in [0, 0.1) is 0 Å². The molecular formula is C14H16N2O2. The van der Waals surface area contributed by atoms with Crippen molar-refractivity contribution >= 4 is 16.8 Å². The molecule has 1 saturated heterocycles. The van der Waals surface area contributed by atoms with Crippen LogP contribution in [0.3, 0.4) is 0 Å². The molecule has 0 saturated carbocycles. The van der Waals surface area contributed by atoms with Gasteiger partial charge in [-0.2, -0.15) is 0 Å². The second-order valence-corrected chi connectivity index (χ2v) is 4.76. The zero-order valence-corrected chi connectivity index (χ0v) is 10.1. The van der Waals surface area contributed by atoms with E-state index in [2.05, 4.69) is 4.98 Å². The van der Waals surface area contributed by atoms with E-state index in [1.807, 2.05) is 30.5 Å². The van der Waals surface area contributed by atoms with Crippen LogP contribution in [0.15, 0.2) is 30.5 Å². The number of H-pyrrole nitrogens is 1. The minimum atomic E-state index is -0.0144. The molecular weight excluding hydrogens is 228 g/mol. The fraction of sp³-hybridized carbons (Fsp3) is 0.357. The summed E-state index contributed by atoms with van der Waals surface area (Å²) in [5.74, 6) is 0.0228. The molecule has 2 N–H and O–H groups in total. The number of amides is 1. The Kier molecular flexibility index (Phi) is 2.80. The van der Waals surface area contributed by atoms with E-state index in [9.17, 15) is 9.90 Å². The number of aliphatic hydroxyl groups is 1. The number of likely N-dealkylation sites (tertiary alicyclic amines) is 1. The second kappa shape index (κ2) is 4.46. The monoisotopic (exact) mass is 244 g/mol. The number of fused-ring (bicyclic) bond motifs is 1. The van der Waals surface area contributed by atoms with Crippen LogP contribution < -0.4 is 0 Å². The Morgan fingerprint density at radius 1 is 1.44 bits per heavy atom. The van der Waals surface area contributed by atoms with Crippen molar-refractivity contribution in [3.63, 3.8) is 0 Å². The summed E-state index contributed by atoms with van der Waals surface area (Å²) < 4.78 is 0. The fourth-order valence-electron chi connectivity index (χ4n) is 2.65. The molecule has 3 rings (SSSR count). The average Bonchev–Trinajstić information content (AvgIpc) is 3.05. The van der Waals surface area contributed by atoms with Crippen molar-refractivity contribution in [2.75, 3.05) is 13.2 Å². The Bertz CT molecular complexity index is 576. The quantitative estimate of drug-likeness (QED) is 0.845. The first kappa shape index (κ1) is 11.3. The standard InChI is InChI=1S/C14H16N2O2/c17-9-12-2-1-7-16(12)14(18)11-3-4-13-10(8-11)5-6-15-13/h3-6,8,12,15,17H,1-2,7,9H2/t12-/m1/s1. The summed E-state index contributed by atoms with van der Waals surface area (Å²) in [6, 6.07) is 7.61. The molecule has 0 bridgehead atoms. The van der Waals surface area contributed by atoms with Crippen molar-refractivity contribution in [3.05, 3.63) is 36.0 Å². The molecule has 2 heterocycles. The molecule has 1 aliphatic heterocycles. The molecule has 2 aromatic rings. The fourth-order valence-corrected chi connectivity index (χ4v) is 2.65. The summed E-state index contributed by atoms with van der Waals surface area (Å²) in [6.45, 7) is 0.799. The lowest BCUT2D eigenvalue weighted by atomic mass is 10.1. The van der Waals surface area contributed by atoms with E-state index in [1.165, 1.54) is 0 Å². The normalized spacial score (nSPS) is 19.6. The van der Waals surface area contributed by atoms with Gasteiger partial charge in [-0.1, -0.05) is 0 Å². The third kappa shape index (κ3) is 1.78. The number of benzene rings is 1. The SMILES string of the molecule is O=C(c1ccc2[nH]ccc2c1)N1CCC[C@@H]1CO. The number of carbonyl (C=O) groups excluding carboxylic acids is 1. The molecule has 1 amide bonds. The van der Waals surface area contributed by atoms with Gasteiger partial charge in [-0.15, -0.1) is 0 Å². The number of hydrogen-bond donors (Lipinski definition) is 2. The highest BCUT2D eigenvalue weighted by atomic mass is 16.3. The van der Waals surface area contributed by atoms with Gasteiger partial charge >= 0.3 is 0 Å². The minimum absolute atomic E-state index is 0.0144. The molecule has 94 valence electrons. The van der Waals surface area contributed by atoms with Crippen LogP contribution in [-0.4, -0.2) is 40.1 Å². The number of rotatable bonds is 2. The van der Waals surface area contributed by atoms with Gasteiger partial charge in [0.05, 0.1) is 12.6 Å². The van der Waals surface area contributed by atoms with Gasteiger partial charge in [0.25, 0.3) is 5.91 Å². The summed E-state index contributed by atoms with van der Waals surface area (Å²) in [5.41, 5.74) is 1.73. The van der Waals surface area contributed by atoms with E-state index in [1.54, 1.807) is 4.90 Å². The zero-order valence-electron chi connectivity index (χ0n) is 10.1. The maximum absolute atomic E-state index is 12.4. The van der Waals surface area contributed by atoms with Crippen molar-refractivity contribution in [1.29, 1.82) is 0 Å². The second-order valence-electron chi connectivity index (χ2n) is 4.76.